The molecule has 0 spiro atoms. The van der Waals surface area contributed by atoms with Gasteiger partial charge in [-0.1, -0.05) is 42.5 Å². The van der Waals surface area contributed by atoms with Gasteiger partial charge in [-0.05, 0) is 37.4 Å². The summed E-state index contributed by atoms with van der Waals surface area (Å²) in [6.07, 6.45) is 2.11. The van der Waals surface area contributed by atoms with Crippen LogP contribution in [-0.2, 0) is 0 Å². The largest absolute Gasteiger partial charge is 0.486 e. The molecule has 4 N–H and O–H groups in total. The molecule has 0 unspecified atom stereocenters. The van der Waals surface area contributed by atoms with E-state index < -0.39 is 6.10 Å². The van der Waals surface area contributed by atoms with Crippen LogP contribution >= 0.6 is 40.5 Å². The Morgan fingerprint density at radius 2 is 1.85 bits per heavy atom. The summed E-state index contributed by atoms with van der Waals surface area (Å²) in [7, 11) is 1.95. The number of aromatic nitrogens is 2. The van der Waals surface area contributed by atoms with E-state index in [4.69, 9.17) is 4.74 Å². The van der Waals surface area contributed by atoms with Gasteiger partial charge in [0.05, 0.1) is 17.8 Å². The lowest BCUT2D eigenvalue weighted by atomic mass is 10.1. The summed E-state index contributed by atoms with van der Waals surface area (Å²) in [6, 6.07) is 20.0. The Hall–Kier alpha value is -1.95. The van der Waals surface area contributed by atoms with E-state index in [2.05, 4.69) is 38.1 Å². The second kappa shape index (κ2) is 15.1. The second-order valence-corrected chi connectivity index (χ2v) is 7.68. The van der Waals surface area contributed by atoms with Crippen LogP contribution in [0.1, 0.15) is 18.1 Å². The van der Waals surface area contributed by atoms with E-state index in [0.717, 1.165) is 35.5 Å². The van der Waals surface area contributed by atoms with Gasteiger partial charge in [0.15, 0.2) is 0 Å². The summed E-state index contributed by atoms with van der Waals surface area (Å²) >= 11 is 0. The number of hydrogen-bond donors (Lipinski definition) is 4. The van der Waals surface area contributed by atoms with E-state index in [1.54, 1.807) is 6.20 Å². The fourth-order valence-corrected chi connectivity index (χ4v) is 3.70. The summed E-state index contributed by atoms with van der Waals surface area (Å²) in [5, 5.41) is 19.6. The Bertz CT molecular complexity index is 984. The second-order valence-electron chi connectivity index (χ2n) is 7.68. The number of nitrogens with zero attached hydrogens (tertiary/aromatic N) is 2. The average molecular weight is 522 g/mol. The molecule has 1 aromatic heterocycles. The minimum Gasteiger partial charge on any atom is -0.486 e. The number of anilines is 1. The first-order chi connectivity index (χ1) is 15.2. The van der Waals surface area contributed by atoms with E-state index in [-0.39, 0.29) is 52.6 Å². The Morgan fingerprint density at radius 1 is 1.06 bits per heavy atom. The number of ether oxygens (including phenoxy) is 1. The van der Waals surface area contributed by atoms with Crippen molar-refractivity contribution in [2.24, 2.45) is 0 Å². The fraction of sp³-hybridized carbons (Fsp3) is 0.333. The topological polar surface area (TPSA) is 91.3 Å². The molecule has 7 nitrogen and oxygen atoms in total. The van der Waals surface area contributed by atoms with E-state index >= 15 is 0 Å². The van der Waals surface area contributed by atoms with Gasteiger partial charge < -0.3 is 25.8 Å². The third-order valence-corrected chi connectivity index (χ3v) is 5.39. The van der Waals surface area contributed by atoms with E-state index in [1.165, 1.54) is 0 Å². The summed E-state index contributed by atoms with van der Waals surface area (Å²) in [6.45, 7) is 2.13. The molecule has 4 rings (SSSR count). The Balaban J connectivity index is 0.00000193. The molecule has 1 saturated heterocycles. The van der Waals surface area contributed by atoms with Crippen molar-refractivity contribution in [2.75, 3.05) is 32.0 Å². The van der Waals surface area contributed by atoms with Crippen molar-refractivity contribution >= 4 is 46.4 Å². The predicted molar refractivity (Wildman–Crippen MR) is 153 cm³/mol. The molecule has 3 atom stereocenters. The molecule has 0 amide bonds. The van der Waals surface area contributed by atoms with Crippen LogP contribution in [0, 0.1) is 0 Å². The van der Waals surface area contributed by atoms with Crippen molar-refractivity contribution in [1.82, 2.24) is 20.6 Å². The smallest absolute Gasteiger partial charge is 0.223 e. The first-order valence-electron chi connectivity index (χ1n) is 10.7. The molecule has 0 radical (unpaired) electrons. The van der Waals surface area contributed by atoms with Crippen molar-refractivity contribution in [3.63, 3.8) is 0 Å². The molecule has 3 aromatic rings. The van der Waals surface area contributed by atoms with Crippen LogP contribution < -0.4 is 20.7 Å². The third-order valence-electron chi connectivity index (χ3n) is 5.39. The summed E-state index contributed by atoms with van der Waals surface area (Å²) in [5.41, 5.74) is 2.91. The van der Waals surface area contributed by atoms with Crippen LogP contribution in [0.2, 0.25) is 0 Å². The third kappa shape index (κ3) is 8.07. The minimum absolute atomic E-state index is 0. The number of hydrogen-bond acceptors (Lipinski definition) is 7. The number of aliphatic hydroxyl groups is 1. The van der Waals surface area contributed by atoms with Gasteiger partial charge in [-0.3, -0.25) is 0 Å². The van der Waals surface area contributed by atoms with Gasteiger partial charge in [0, 0.05) is 31.3 Å². The maximum atomic E-state index is 10.0. The van der Waals surface area contributed by atoms with Gasteiger partial charge >= 0.3 is 0 Å². The summed E-state index contributed by atoms with van der Waals surface area (Å²) in [5.74, 6) is 1.30. The van der Waals surface area contributed by atoms with Crippen LogP contribution in [-0.4, -0.2) is 53.9 Å². The normalized spacial score (nSPS) is 17.5. The Labute approximate surface area is 222 Å². The molecule has 34 heavy (non-hydrogen) atoms. The Morgan fingerprint density at radius 3 is 2.56 bits per heavy atom. The molecule has 1 aliphatic rings. The predicted octanol–water partition coefficient (Wildman–Crippen LogP) is 2.96. The van der Waals surface area contributed by atoms with Crippen LogP contribution in [0.4, 0.5) is 5.95 Å². The molecule has 1 fully saturated rings. The van der Waals surface area contributed by atoms with Gasteiger partial charge in [-0.2, -0.15) is 40.5 Å². The molecular formula is C24H35N5O2S3. The zero-order chi connectivity index (χ0) is 21.5. The SMILES string of the molecule is CNCC[C@H](Oc1cccc(-c2ccnc(N[C@H]3CNC[C@@H]3O)n2)c1)c1ccccc1.S.S.S. The fourth-order valence-electron chi connectivity index (χ4n) is 3.70. The number of benzene rings is 2. The highest BCUT2D eigenvalue weighted by atomic mass is 32.1. The monoisotopic (exact) mass is 521 g/mol. The first-order valence-corrected chi connectivity index (χ1v) is 10.7. The number of aliphatic hydroxyl groups excluding tert-OH is 1. The van der Waals surface area contributed by atoms with Crippen molar-refractivity contribution in [3.05, 3.63) is 72.4 Å². The molecule has 2 aromatic carbocycles. The van der Waals surface area contributed by atoms with Gasteiger partial charge in [0.1, 0.15) is 11.9 Å². The van der Waals surface area contributed by atoms with Crippen molar-refractivity contribution in [2.45, 2.75) is 24.7 Å². The lowest BCUT2D eigenvalue weighted by Gasteiger charge is -2.20. The van der Waals surface area contributed by atoms with Crippen molar-refractivity contribution < 1.29 is 9.84 Å². The van der Waals surface area contributed by atoms with Gasteiger partial charge in [-0.25, -0.2) is 9.97 Å². The highest BCUT2D eigenvalue weighted by Crippen LogP contribution is 2.28. The van der Waals surface area contributed by atoms with Crippen LogP contribution in [0.15, 0.2) is 66.9 Å². The highest BCUT2D eigenvalue weighted by Gasteiger charge is 2.25. The maximum Gasteiger partial charge on any atom is 0.223 e. The minimum atomic E-state index is -0.448. The molecule has 1 aliphatic heterocycles. The molecule has 2 heterocycles. The van der Waals surface area contributed by atoms with Crippen LogP contribution in [0.5, 0.6) is 5.75 Å². The van der Waals surface area contributed by atoms with E-state index in [0.29, 0.717) is 19.0 Å². The number of nitrogens with one attached hydrogen (secondary N) is 3. The average Bonchev–Trinajstić information content (AvgIpc) is 3.22. The van der Waals surface area contributed by atoms with Crippen molar-refractivity contribution in [3.8, 4) is 17.0 Å². The summed E-state index contributed by atoms with van der Waals surface area (Å²) < 4.78 is 6.38. The number of rotatable bonds is 9. The van der Waals surface area contributed by atoms with Crippen LogP contribution in [0.3, 0.4) is 0 Å². The van der Waals surface area contributed by atoms with Gasteiger partial charge in [0.2, 0.25) is 5.95 Å². The lowest BCUT2D eigenvalue weighted by Crippen LogP contribution is -2.32. The van der Waals surface area contributed by atoms with E-state index in [9.17, 15) is 5.11 Å². The zero-order valence-electron chi connectivity index (χ0n) is 19.2. The number of β-amino-alcohol motifs (C(OH)–C–C–N with tert-alkyl or cyclic N) is 1. The molecule has 0 aliphatic carbocycles. The molecule has 186 valence electrons. The Kier molecular flexibility index (Phi) is 13.4. The maximum absolute atomic E-state index is 10.0. The van der Waals surface area contributed by atoms with Crippen molar-refractivity contribution in [1.29, 1.82) is 0 Å². The molecule has 10 heteroatoms. The highest BCUT2D eigenvalue weighted by molar-refractivity contribution is 7.59. The summed E-state index contributed by atoms with van der Waals surface area (Å²) in [4.78, 5) is 8.95. The molecule has 0 saturated carbocycles. The van der Waals surface area contributed by atoms with Gasteiger partial charge in [-0.15, -0.1) is 0 Å². The van der Waals surface area contributed by atoms with Gasteiger partial charge in [0.25, 0.3) is 0 Å². The standard InChI is InChI=1S/C24H29N5O2.3H2S/c1-25-12-11-23(17-6-3-2-4-7-17)31-19-9-5-8-18(14-19)20-10-13-27-24(28-20)29-21-15-26-16-22(21)30;;;/h2-10,13-14,21-23,25-26,30H,11-12,15-16H2,1H3,(H,27,28,29);3*1H2/t21-,22-,23-;;;/m0.../s1. The molecular weight excluding hydrogens is 486 g/mol. The van der Waals surface area contributed by atoms with Crippen LogP contribution in [0.25, 0.3) is 11.3 Å². The van der Waals surface area contributed by atoms with E-state index in [1.807, 2.05) is 55.6 Å². The quantitative estimate of drug-likeness (QED) is 0.344. The lowest BCUT2D eigenvalue weighted by molar-refractivity contribution is 0.185. The molecule has 0 bridgehead atoms. The zero-order valence-corrected chi connectivity index (χ0v) is 22.2. The first kappa shape index (κ1) is 30.1.